The lowest BCUT2D eigenvalue weighted by molar-refractivity contribution is -0.221. The van der Waals surface area contributed by atoms with E-state index in [2.05, 4.69) is 128 Å². The number of fused-ring (bicyclic) bond motifs is 1. The van der Waals surface area contributed by atoms with E-state index < -0.39 is 28.0 Å². The van der Waals surface area contributed by atoms with Gasteiger partial charge in [0.15, 0.2) is 22.4 Å². The van der Waals surface area contributed by atoms with Crippen LogP contribution in [-0.4, -0.2) is 46.7 Å². The summed E-state index contributed by atoms with van der Waals surface area (Å²) in [4.78, 5) is 13.7. The van der Waals surface area contributed by atoms with Crippen LogP contribution in [-0.2, 0) is 23.1 Å². The third-order valence-corrected chi connectivity index (χ3v) is 22.8. The normalized spacial score (nSPS) is 28.7. The van der Waals surface area contributed by atoms with E-state index in [-0.39, 0.29) is 40.1 Å². The van der Waals surface area contributed by atoms with Crippen molar-refractivity contribution in [3.63, 3.8) is 0 Å². The van der Waals surface area contributed by atoms with Gasteiger partial charge in [-0.2, -0.15) is 0 Å². The molecule has 0 heterocycles. The van der Waals surface area contributed by atoms with Gasteiger partial charge in [0.1, 0.15) is 12.2 Å². The molecule has 0 aromatic rings. The fourth-order valence-electron chi connectivity index (χ4n) is 8.17. The number of ether oxygens (including phenoxy) is 2. The minimum absolute atomic E-state index is 0.0175. The van der Waals surface area contributed by atoms with E-state index in [0.717, 1.165) is 43.3 Å². The quantitative estimate of drug-likeness (QED) is 0.0818. The minimum Gasteiger partial charge on any atom is -0.457 e. The molecule has 0 aliphatic heterocycles. The van der Waals surface area contributed by atoms with E-state index in [1.54, 1.807) is 5.57 Å². The summed E-state index contributed by atoms with van der Waals surface area (Å²) in [6.07, 6.45) is 15.3. The molecule has 1 unspecified atom stereocenters. The summed E-state index contributed by atoms with van der Waals surface area (Å²) in [5, 5.41) is -0.0418. The number of carbonyl (C=O) groups is 1. The lowest BCUT2D eigenvalue weighted by Gasteiger charge is -2.51. The third-order valence-electron chi connectivity index (χ3n) is 13.9. The highest BCUT2D eigenvalue weighted by Crippen LogP contribution is 2.56. The van der Waals surface area contributed by atoms with Gasteiger partial charge in [0.05, 0.1) is 6.10 Å². The summed E-state index contributed by atoms with van der Waals surface area (Å²) in [6, 6.07) is 0. The van der Waals surface area contributed by atoms with Gasteiger partial charge in [0.25, 0.3) is 0 Å². The maximum absolute atomic E-state index is 13.7. The van der Waals surface area contributed by atoms with Gasteiger partial charge < -0.3 is 18.3 Å². The molecule has 0 aromatic carbocycles. The molecule has 286 valence electrons. The molecule has 5 nitrogen and oxygen atoms in total. The van der Waals surface area contributed by atoms with Gasteiger partial charge >= 0.3 is 5.97 Å². The van der Waals surface area contributed by atoms with E-state index >= 15 is 0 Å². The van der Waals surface area contributed by atoms with Crippen LogP contribution in [0, 0.1) is 17.3 Å². The van der Waals surface area contributed by atoms with Gasteiger partial charge in [0, 0.05) is 12.8 Å². The Morgan fingerprint density at radius 2 is 1.60 bits per heavy atom. The average Bonchev–Trinajstić information content (AvgIpc) is 3.34. The summed E-state index contributed by atoms with van der Waals surface area (Å²) in [5.41, 5.74) is 5.03. The van der Waals surface area contributed by atoms with Gasteiger partial charge in [-0.25, -0.2) is 4.79 Å². The van der Waals surface area contributed by atoms with E-state index in [1.807, 2.05) is 0 Å². The number of hydrogen-bond acceptors (Lipinski definition) is 5. The first kappa shape index (κ1) is 43.2. The van der Waals surface area contributed by atoms with Crippen LogP contribution in [0.4, 0.5) is 0 Å². The highest BCUT2D eigenvalue weighted by Gasteiger charge is 2.52. The number of rotatable bonds is 13. The Balaban J connectivity index is 2.12. The molecule has 0 bridgehead atoms. The van der Waals surface area contributed by atoms with Crippen LogP contribution < -0.4 is 0 Å². The number of esters is 1. The summed E-state index contributed by atoms with van der Waals surface area (Å²) >= 11 is 0. The fraction of sp³-hybridized carbons (Fsp3) is 0.791. The summed E-state index contributed by atoms with van der Waals surface area (Å²) in [5.74, 6) is -0.629. The Labute approximate surface area is 310 Å². The second-order valence-corrected chi connectivity index (χ2v) is 28.8. The summed E-state index contributed by atoms with van der Waals surface area (Å²) in [7, 11) is -4.60. The predicted molar refractivity (Wildman–Crippen MR) is 216 cm³/mol. The van der Waals surface area contributed by atoms with Crippen LogP contribution in [0.3, 0.4) is 0 Å². The van der Waals surface area contributed by atoms with Gasteiger partial charge in [-0.3, -0.25) is 0 Å². The second kappa shape index (κ2) is 15.6. The molecule has 2 saturated carbocycles. The molecule has 0 N–H and O–H groups in total. The van der Waals surface area contributed by atoms with Crippen molar-refractivity contribution in [1.29, 1.82) is 0 Å². The van der Waals surface area contributed by atoms with Crippen LogP contribution >= 0.6 is 0 Å². The molecule has 0 spiro atoms. The van der Waals surface area contributed by atoms with E-state index in [4.69, 9.17) is 24.9 Å². The first-order chi connectivity index (χ1) is 22.8. The van der Waals surface area contributed by atoms with Crippen LogP contribution in [0.25, 0.3) is 0 Å². The lowest BCUT2D eigenvalue weighted by atomic mass is 9.64. The van der Waals surface area contributed by atoms with Crippen LogP contribution in [0.5, 0.6) is 0 Å². The van der Waals surface area contributed by atoms with Crippen molar-refractivity contribution in [1.82, 2.24) is 0 Å². The predicted octanol–water partition coefficient (Wildman–Crippen LogP) is 12.6. The van der Waals surface area contributed by atoms with Gasteiger partial charge in [-0.1, -0.05) is 119 Å². The van der Waals surface area contributed by atoms with Gasteiger partial charge in [-0.05, 0) is 110 Å². The van der Waals surface area contributed by atoms with Crippen molar-refractivity contribution in [2.75, 3.05) is 6.61 Å². The average molecular weight is 729 g/mol. The zero-order valence-corrected chi connectivity index (χ0v) is 37.3. The summed E-state index contributed by atoms with van der Waals surface area (Å²) < 4.78 is 27.7. The molecule has 0 amide bonds. The SMILES string of the molecule is C=C1C(=CC=C2CCC[C@]3(C)C(CC)=CC[C@@H]23)C[C@](OCC(=O)OC(CC)(CC)C(C)C)(O[Si](C)(C)C(C)(C)C)CC1O[Si](C)(C)C(C)(C)C. The Bertz CT molecular complexity index is 1320. The Morgan fingerprint density at radius 1 is 1.00 bits per heavy atom. The number of allylic oxidation sites excluding steroid dienone is 5. The Hall–Kier alpha value is -1.26. The van der Waals surface area contributed by atoms with Crippen LogP contribution in [0.1, 0.15) is 141 Å². The molecule has 0 radical (unpaired) electrons. The zero-order chi connectivity index (χ0) is 38.1. The molecular weight excluding hydrogens is 653 g/mol. The Kier molecular flexibility index (Phi) is 13.5. The van der Waals surface area contributed by atoms with Crippen molar-refractivity contribution in [2.45, 2.75) is 195 Å². The molecular formula is C43H76O5Si2. The van der Waals surface area contributed by atoms with Crippen molar-refractivity contribution >= 4 is 22.6 Å². The third kappa shape index (κ3) is 9.09. The molecule has 0 aromatic heterocycles. The molecule has 2 fully saturated rings. The van der Waals surface area contributed by atoms with E-state index in [1.165, 1.54) is 18.4 Å². The van der Waals surface area contributed by atoms with Crippen molar-refractivity contribution in [3.8, 4) is 0 Å². The van der Waals surface area contributed by atoms with E-state index in [9.17, 15) is 4.79 Å². The van der Waals surface area contributed by atoms with Crippen molar-refractivity contribution in [2.24, 2.45) is 17.3 Å². The monoisotopic (exact) mass is 729 g/mol. The van der Waals surface area contributed by atoms with E-state index in [0.29, 0.717) is 18.8 Å². The standard InChI is InChI=1S/C43H76O5Si2/c1-18-35-25-26-36-33(22-21-27-41(35,36)13)23-24-34-28-43(48-50(16,17)40(10,11)12,29-37(32(34)6)47-49(14,15)39(7,8)9)45-30-38(44)46-42(19-2,20-3)31(4)5/h23-25,31,36-37H,6,18-22,26-30H2,1-5,7-17H3/t36-,37?,41+,43-/m0/s1. The zero-order valence-electron chi connectivity index (χ0n) is 35.3. The van der Waals surface area contributed by atoms with Crippen molar-refractivity contribution in [3.05, 3.63) is 47.1 Å². The molecule has 3 aliphatic carbocycles. The molecule has 50 heavy (non-hydrogen) atoms. The van der Waals surface area contributed by atoms with Gasteiger partial charge in [0.2, 0.25) is 0 Å². The molecule has 0 saturated heterocycles. The largest absolute Gasteiger partial charge is 0.457 e. The lowest BCUT2D eigenvalue weighted by Crippen LogP contribution is -2.56. The highest BCUT2D eigenvalue weighted by atomic mass is 28.4. The maximum atomic E-state index is 13.7. The highest BCUT2D eigenvalue weighted by molar-refractivity contribution is 6.74. The number of carbonyl (C=O) groups excluding carboxylic acids is 1. The Morgan fingerprint density at radius 3 is 2.12 bits per heavy atom. The fourth-order valence-corrected chi connectivity index (χ4v) is 10.9. The topological polar surface area (TPSA) is 54.0 Å². The molecule has 3 rings (SSSR count). The first-order valence-electron chi connectivity index (χ1n) is 19.8. The van der Waals surface area contributed by atoms with Crippen LogP contribution in [0.15, 0.2) is 47.1 Å². The van der Waals surface area contributed by atoms with Crippen molar-refractivity contribution < 1.29 is 23.1 Å². The van der Waals surface area contributed by atoms with Crippen LogP contribution in [0.2, 0.25) is 36.3 Å². The number of hydrogen-bond donors (Lipinski definition) is 0. The molecule has 7 heteroatoms. The maximum Gasteiger partial charge on any atom is 0.332 e. The van der Waals surface area contributed by atoms with Gasteiger partial charge in [-0.15, -0.1) is 0 Å². The first-order valence-corrected chi connectivity index (χ1v) is 25.7. The minimum atomic E-state index is -2.39. The molecule has 4 atom stereocenters. The second-order valence-electron chi connectivity index (χ2n) is 19.3. The smallest absolute Gasteiger partial charge is 0.332 e. The summed E-state index contributed by atoms with van der Waals surface area (Å²) in [6.45, 7) is 40.5. The molecule has 3 aliphatic rings.